The standard InChI is InChI=1S/C21H26N6O/c1-14-10-16(11-17-19(14)25-13-24-17)18-12-23-20-21(26-18)27(7-5-22-20)6-2-15-3-8-28-9-4-15/h10-13,15H,2-9H2,1H3,(H,22,23)(H,24,25). The van der Waals surface area contributed by atoms with Crippen molar-refractivity contribution in [3.63, 3.8) is 0 Å². The van der Waals surface area contributed by atoms with Crippen molar-refractivity contribution in [3.05, 3.63) is 30.2 Å². The number of benzene rings is 1. The predicted molar refractivity (Wildman–Crippen MR) is 111 cm³/mol. The molecule has 146 valence electrons. The van der Waals surface area contributed by atoms with Gasteiger partial charge in [-0.1, -0.05) is 0 Å². The quantitative estimate of drug-likeness (QED) is 0.725. The molecule has 0 bridgehead atoms. The van der Waals surface area contributed by atoms with Crippen LogP contribution in [0.4, 0.5) is 11.6 Å². The van der Waals surface area contributed by atoms with Gasteiger partial charge in [0.1, 0.15) is 0 Å². The van der Waals surface area contributed by atoms with Gasteiger partial charge in [-0.2, -0.15) is 0 Å². The molecule has 0 spiro atoms. The third-order valence-corrected chi connectivity index (χ3v) is 5.89. The molecule has 1 saturated heterocycles. The number of nitrogens with one attached hydrogen (secondary N) is 2. The molecule has 2 aliphatic rings. The van der Waals surface area contributed by atoms with Crippen molar-refractivity contribution in [1.82, 2.24) is 19.9 Å². The van der Waals surface area contributed by atoms with Crippen molar-refractivity contribution >= 4 is 22.7 Å². The van der Waals surface area contributed by atoms with Crippen LogP contribution in [0.1, 0.15) is 24.8 Å². The summed E-state index contributed by atoms with van der Waals surface area (Å²) in [5.74, 6) is 2.62. The zero-order valence-electron chi connectivity index (χ0n) is 16.2. The van der Waals surface area contributed by atoms with Crippen LogP contribution in [-0.4, -0.2) is 52.8 Å². The lowest BCUT2D eigenvalue weighted by Crippen LogP contribution is -2.37. The Morgan fingerprint density at radius 1 is 1.21 bits per heavy atom. The first kappa shape index (κ1) is 17.4. The minimum absolute atomic E-state index is 0.758. The third-order valence-electron chi connectivity index (χ3n) is 5.89. The van der Waals surface area contributed by atoms with E-state index in [-0.39, 0.29) is 0 Å². The first-order valence-corrected chi connectivity index (χ1v) is 10.2. The molecule has 4 heterocycles. The van der Waals surface area contributed by atoms with Crippen molar-refractivity contribution in [2.24, 2.45) is 5.92 Å². The van der Waals surface area contributed by atoms with Crippen LogP contribution in [0.5, 0.6) is 0 Å². The lowest BCUT2D eigenvalue weighted by atomic mass is 9.96. The molecule has 2 aliphatic heterocycles. The monoisotopic (exact) mass is 378 g/mol. The first-order valence-electron chi connectivity index (χ1n) is 10.2. The molecule has 0 radical (unpaired) electrons. The molecule has 0 saturated carbocycles. The molecule has 0 atom stereocenters. The first-order chi connectivity index (χ1) is 13.8. The second-order valence-corrected chi connectivity index (χ2v) is 7.78. The predicted octanol–water partition coefficient (Wildman–Crippen LogP) is 3.38. The van der Waals surface area contributed by atoms with Crippen LogP contribution in [0, 0.1) is 12.8 Å². The van der Waals surface area contributed by atoms with Crippen LogP contribution in [0.3, 0.4) is 0 Å². The molecule has 1 fully saturated rings. The summed E-state index contributed by atoms with van der Waals surface area (Å²) in [4.78, 5) is 19.7. The number of fused-ring (bicyclic) bond motifs is 2. The van der Waals surface area contributed by atoms with Crippen LogP contribution < -0.4 is 10.2 Å². The number of hydrogen-bond acceptors (Lipinski definition) is 6. The van der Waals surface area contributed by atoms with E-state index < -0.39 is 0 Å². The maximum Gasteiger partial charge on any atom is 0.172 e. The second-order valence-electron chi connectivity index (χ2n) is 7.78. The van der Waals surface area contributed by atoms with E-state index >= 15 is 0 Å². The van der Waals surface area contributed by atoms with Crippen LogP contribution in [0.15, 0.2) is 24.7 Å². The number of H-pyrrole nitrogens is 1. The zero-order chi connectivity index (χ0) is 18.9. The van der Waals surface area contributed by atoms with Gasteiger partial charge in [-0.05, 0) is 49.8 Å². The van der Waals surface area contributed by atoms with E-state index in [4.69, 9.17) is 9.72 Å². The SMILES string of the molecule is Cc1cc(-c2cnc3c(n2)N(CCC2CCOCC2)CCN3)cc2[nH]cnc12. The highest BCUT2D eigenvalue weighted by Crippen LogP contribution is 2.31. The topological polar surface area (TPSA) is 79.0 Å². The fourth-order valence-corrected chi connectivity index (χ4v) is 4.25. The molecule has 28 heavy (non-hydrogen) atoms. The zero-order valence-corrected chi connectivity index (χ0v) is 16.2. The van der Waals surface area contributed by atoms with Gasteiger partial charge in [0.05, 0.1) is 29.3 Å². The molecule has 2 aromatic heterocycles. The van der Waals surface area contributed by atoms with Gasteiger partial charge >= 0.3 is 0 Å². The van der Waals surface area contributed by atoms with Crippen LogP contribution >= 0.6 is 0 Å². The van der Waals surface area contributed by atoms with E-state index in [9.17, 15) is 0 Å². The van der Waals surface area contributed by atoms with Gasteiger partial charge in [0.25, 0.3) is 0 Å². The Kier molecular flexibility index (Phi) is 4.60. The number of rotatable bonds is 4. The Morgan fingerprint density at radius 3 is 3.00 bits per heavy atom. The number of hydrogen-bond donors (Lipinski definition) is 2. The number of imidazole rings is 1. The maximum atomic E-state index is 5.49. The van der Waals surface area contributed by atoms with E-state index in [2.05, 4.69) is 44.2 Å². The van der Waals surface area contributed by atoms with Crippen LogP contribution in [0.2, 0.25) is 0 Å². The molecule has 7 nitrogen and oxygen atoms in total. The van der Waals surface area contributed by atoms with Crippen molar-refractivity contribution < 1.29 is 4.74 Å². The minimum Gasteiger partial charge on any atom is -0.381 e. The van der Waals surface area contributed by atoms with Gasteiger partial charge in [-0.3, -0.25) is 0 Å². The third kappa shape index (κ3) is 3.30. The number of aryl methyl sites for hydroxylation is 1. The number of ether oxygens (including phenoxy) is 1. The summed E-state index contributed by atoms with van der Waals surface area (Å²) in [6, 6.07) is 4.25. The van der Waals surface area contributed by atoms with E-state index in [1.165, 1.54) is 19.3 Å². The molecule has 0 unspecified atom stereocenters. The Morgan fingerprint density at radius 2 is 2.11 bits per heavy atom. The summed E-state index contributed by atoms with van der Waals surface area (Å²) in [6.07, 6.45) is 7.14. The van der Waals surface area contributed by atoms with E-state index in [0.717, 1.165) is 78.3 Å². The molecule has 2 N–H and O–H groups in total. The van der Waals surface area contributed by atoms with Gasteiger partial charge in [-0.25, -0.2) is 15.0 Å². The van der Waals surface area contributed by atoms with Crippen molar-refractivity contribution in [3.8, 4) is 11.3 Å². The van der Waals surface area contributed by atoms with Crippen molar-refractivity contribution in [2.45, 2.75) is 26.2 Å². The molecular weight excluding hydrogens is 352 g/mol. The molecule has 1 aromatic carbocycles. The molecule has 0 aliphatic carbocycles. The Bertz CT molecular complexity index is 978. The van der Waals surface area contributed by atoms with Gasteiger partial charge in [0, 0.05) is 38.4 Å². The van der Waals surface area contributed by atoms with Crippen molar-refractivity contribution in [1.29, 1.82) is 0 Å². The highest BCUT2D eigenvalue weighted by molar-refractivity contribution is 5.84. The number of nitrogens with zero attached hydrogens (tertiary/aromatic N) is 4. The van der Waals surface area contributed by atoms with Gasteiger partial charge < -0.3 is 19.9 Å². The van der Waals surface area contributed by atoms with Gasteiger partial charge in [0.15, 0.2) is 11.6 Å². The lowest BCUT2D eigenvalue weighted by Gasteiger charge is -2.32. The summed E-state index contributed by atoms with van der Waals surface area (Å²) in [6.45, 7) is 6.79. The summed E-state index contributed by atoms with van der Waals surface area (Å²) in [5.41, 5.74) is 5.15. The Hall–Kier alpha value is -2.67. The average molecular weight is 378 g/mol. The van der Waals surface area contributed by atoms with E-state index in [0.29, 0.717) is 0 Å². The fraction of sp³-hybridized carbons (Fsp3) is 0.476. The molecular formula is C21H26N6O. The minimum atomic E-state index is 0.758. The highest BCUT2D eigenvalue weighted by Gasteiger charge is 2.22. The molecule has 0 amide bonds. The summed E-state index contributed by atoms with van der Waals surface area (Å²) >= 11 is 0. The number of anilines is 2. The average Bonchev–Trinajstić information content (AvgIpc) is 3.22. The molecule has 5 rings (SSSR count). The van der Waals surface area contributed by atoms with Gasteiger partial charge in [0.2, 0.25) is 0 Å². The normalized spacial score (nSPS) is 17.5. The smallest absolute Gasteiger partial charge is 0.172 e. The molecule has 3 aromatic rings. The summed E-state index contributed by atoms with van der Waals surface area (Å²) in [7, 11) is 0. The Balaban J connectivity index is 1.42. The summed E-state index contributed by atoms with van der Waals surface area (Å²) in [5, 5.41) is 3.39. The second kappa shape index (κ2) is 7.39. The van der Waals surface area contributed by atoms with Gasteiger partial charge in [-0.15, -0.1) is 0 Å². The fourth-order valence-electron chi connectivity index (χ4n) is 4.25. The number of aromatic amines is 1. The summed E-state index contributed by atoms with van der Waals surface area (Å²) < 4.78 is 5.49. The number of aromatic nitrogens is 4. The van der Waals surface area contributed by atoms with E-state index in [1.54, 1.807) is 6.33 Å². The largest absolute Gasteiger partial charge is 0.381 e. The van der Waals surface area contributed by atoms with E-state index in [1.807, 2.05) is 6.20 Å². The molecule has 7 heteroatoms. The van der Waals surface area contributed by atoms with Crippen molar-refractivity contribution in [2.75, 3.05) is 43.1 Å². The van der Waals surface area contributed by atoms with Crippen LogP contribution in [-0.2, 0) is 4.74 Å². The highest BCUT2D eigenvalue weighted by atomic mass is 16.5. The maximum absolute atomic E-state index is 5.49. The Labute approximate surface area is 164 Å². The lowest BCUT2D eigenvalue weighted by molar-refractivity contribution is 0.0645. The van der Waals surface area contributed by atoms with Crippen LogP contribution in [0.25, 0.3) is 22.3 Å².